The molecule has 0 amide bonds. The molecule has 1 N–H and O–H groups in total. The number of ether oxygens (including phenoxy) is 2. The molecule has 23 heavy (non-hydrogen) atoms. The van der Waals surface area contributed by atoms with E-state index in [9.17, 15) is 0 Å². The van der Waals surface area contributed by atoms with Crippen molar-refractivity contribution in [3.05, 3.63) is 22.8 Å². The Kier molecular flexibility index (Phi) is 4.20. The maximum Gasteiger partial charge on any atom is 0.126 e. The molecule has 4 rings (SSSR count). The van der Waals surface area contributed by atoms with Gasteiger partial charge >= 0.3 is 0 Å². The summed E-state index contributed by atoms with van der Waals surface area (Å²) >= 11 is 0. The molecule has 126 valence electrons. The quantitative estimate of drug-likeness (QED) is 0.905. The average Bonchev–Trinajstić information content (AvgIpc) is 3.22. The lowest BCUT2D eigenvalue weighted by atomic mass is 9.87. The summed E-state index contributed by atoms with van der Waals surface area (Å²) in [7, 11) is 3.65. The second kappa shape index (κ2) is 6.33. The molecule has 4 heteroatoms. The van der Waals surface area contributed by atoms with Gasteiger partial charge in [-0.1, -0.05) is 0 Å². The van der Waals surface area contributed by atoms with Crippen molar-refractivity contribution in [1.29, 1.82) is 0 Å². The molecule has 2 bridgehead atoms. The van der Waals surface area contributed by atoms with Crippen molar-refractivity contribution in [2.45, 2.75) is 37.5 Å². The third kappa shape index (κ3) is 2.62. The molecule has 1 aromatic rings. The molecular formula is C19H28N2O2. The van der Waals surface area contributed by atoms with E-state index in [4.69, 9.17) is 9.47 Å². The smallest absolute Gasteiger partial charge is 0.126 e. The lowest BCUT2D eigenvalue weighted by molar-refractivity contribution is 0.243. The van der Waals surface area contributed by atoms with E-state index in [1.54, 1.807) is 0 Å². The lowest BCUT2D eigenvalue weighted by Crippen LogP contribution is -2.44. The van der Waals surface area contributed by atoms with Crippen molar-refractivity contribution in [2.24, 2.45) is 0 Å². The van der Waals surface area contributed by atoms with Gasteiger partial charge in [0, 0.05) is 43.9 Å². The topological polar surface area (TPSA) is 33.7 Å². The van der Waals surface area contributed by atoms with E-state index in [1.165, 1.54) is 36.0 Å². The fraction of sp³-hybridized carbons (Fsp3) is 0.684. The van der Waals surface area contributed by atoms with Crippen LogP contribution in [0.3, 0.4) is 0 Å². The largest absolute Gasteiger partial charge is 0.496 e. The molecule has 3 aliphatic rings. The van der Waals surface area contributed by atoms with Gasteiger partial charge in [-0.3, -0.25) is 0 Å². The van der Waals surface area contributed by atoms with Crippen LogP contribution in [0.4, 0.5) is 0 Å². The summed E-state index contributed by atoms with van der Waals surface area (Å²) in [6.07, 6.45) is 4.98. The van der Waals surface area contributed by atoms with E-state index in [0.717, 1.165) is 50.6 Å². The van der Waals surface area contributed by atoms with E-state index < -0.39 is 0 Å². The van der Waals surface area contributed by atoms with Crippen LogP contribution in [-0.4, -0.2) is 51.8 Å². The molecule has 0 radical (unpaired) electrons. The lowest BCUT2D eigenvalue weighted by Gasteiger charge is -2.28. The highest BCUT2D eigenvalue weighted by Gasteiger charge is 2.42. The number of hydrogen-bond donors (Lipinski definition) is 1. The van der Waals surface area contributed by atoms with Crippen molar-refractivity contribution in [2.75, 3.05) is 46.9 Å². The van der Waals surface area contributed by atoms with Gasteiger partial charge in [0.15, 0.2) is 0 Å². The molecule has 0 aromatic heterocycles. The number of benzene rings is 1. The van der Waals surface area contributed by atoms with Gasteiger partial charge in [-0.15, -0.1) is 0 Å². The SMILES string of the molecule is COc1cc(CCN2CCNCC2)c(OC)c2c1C1CCC2C1. The van der Waals surface area contributed by atoms with Crippen molar-refractivity contribution in [1.82, 2.24) is 10.2 Å². The van der Waals surface area contributed by atoms with E-state index in [0.29, 0.717) is 11.8 Å². The summed E-state index contributed by atoms with van der Waals surface area (Å²) in [5.74, 6) is 3.64. The van der Waals surface area contributed by atoms with E-state index in [-0.39, 0.29) is 0 Å². The number of rotatable bonds is 5. The number of methoxy groups -OCH3 is 2. The highest BCUT2D eigenvalue weighted by Crippen LogP contribution is 2.59. The van der Waals surface area contributed by atoms with Crippen molar-refractivity contribution >= 4 is 0 Å². The summed E-state index contributed by atoms with van der Waals surface area (Å²) in [5.41, 5.74) is 4.25. The first-order chi connectivity index (χ1) is 11.3. The Morgan fingerprint density at radius 1 is 1.09 bits per heavy atom. The van der Waals surface area contributed by atoms with Gasteiger partial charge in [0.2, 0.25) is 0 Å². The van der Waals surface area contributed by atoms with Gasteiger partial charge in [0.1, 0.15) is 11.5 Å². The molecule has 1 saturated heterocycles. The summed E-state index contributed by atoms with van der Waals surface area (Å²) in [6, 6.07) is 2.25. The maximum atomic E-state index is 5.89. The third-order valence-electron chi connectivity index (χ3n) is 5.98. The molecule has 4 nitrogen and oxygen atoms in total. The van der Waals surface area contributed by atoms with Crippen molar-refractivity contribution in [3.8, 4) is 11.5 Å². The molecular weight excluding hydrogens is 288 g/mol. The third-order valence-corrected chi connectivity index (χ3v) is 5.98. The van der Waals surface area contributed by atoms with Gasteiger partial charge in [-0.25, -0.2) is 0 Å². The van der Waals surface area contributed by atoms with Gasteiger partial charge in [0.05, 0.1) is 14.2 Å². The monoisotopic (exact) mass is 316 g/mol. The number of piperazine rings is 1. The number of fused-ring (bicyclic) bond motifs is 5. The fourth-order valence-electron chi connectivity index (χ4n) is 4.87. The Balaban J connectivity index is 1.62. The molecule has 1 heterocycles. The Morgan fingerprint density at radius 2 is 1.83 bits per heavy atom. The van der Waals surface area contributed by atoms with Crippen LogP contribution >= 0.6 is 0 Å². The van der Waals surface area contributed by atoms with Gasteiger partial charge < -0.3 is 19.7 Å². The first-order valence-electron chi connectivity index (χ1n) is 9.02. The molecule has 1 saturated carbocycles. The predicted octanol–water partition coefficient (Wildman–Crippen LogP) is 2.52. The number of nitrogens with zero attached hydrogens (tertiary/aromatic N) is 1. The molecule has 2 unspecified atom stereocenters. The molecule has 2 aliphatic carbocycles. The zero-order chi connectivity index (χ0) is 15.8. The van der Waals surface area contributed by atoms with Crippen LogP contribution in [0, 0.1) is 0 Å². The predicted molar refractivity (Wildman–Crippen MR) is 91.9 cm³/mol. The summed E-state index contributed by atoms with van der Waals surface area (Å²) < 4.78 is 11.7. The highest BCUT2D eigenvalue weighted by molar-refractivity contribution is 5.60. The minimum absolute atomic E-state index is 0.693. The van der Waals surface area contributed by atoms with Crippen LogP contribution in [0.25, 0.3) is 0 Å². The van der Waals surface area contributed by atoms with Crippen molar-refractivity contribution < 1.29 is 9.47 Å². The zero-order valence-corrected chi connectivity index (χ0v) is 14.4. The molecule has 2 atom stereocenters. The maximum absolute atomic E-state index is 5.89. The van der Waals surface area contributed by atoms with Crippen LogP contribution < -0.4 is 14.8 Å². The van der Waals surface area contributed by atoms with Crippen LogP contribution in [0.5, 0.6) is 11.5 Å². The second-order valence-electron chi connectivity index (χ2n) is 7.15. The minimum atomic E-state index is 0.693. The van der Waals surface area contributed by atoms with E-state index >= 15 is 0 Å². The average molecular weight is 316 g/mol. The fourth-order valence-corrected chi connectivity index (χ4v) is 4.87. The van der Waals surface area contributed by atoms with Gasteiger partial charge in [0.25, 0.3) is 0 Å². The van der Waals surface area contributed by atoms with Crippen LogP contribution in [0.15, 0.2) is 6.07 Å². The van der Waals surface area contributed by atoms with Crippen LogP contribution in [0.1, 0.15) is 47.8 Å². The Morgan fingerprint density at radius 3 is 2.52 bits per heavy atom. The first kappa shape index (κ1) is 15.3. The van der Waals surface area contributed by atoms with Gasteiger partial charge in [-0.05, 0) is 49.1 Å². The Bertz CT molecular complexity index is 581. The summed E-state index contributed by atoms with van der Waals surface area (Å²) in [6.45, 7) is 5.61. The standard InChI is InChI=1S/C19H28N2O2/c1-22-16-12-15(5-8-21-9-6-20-7-10-21)19(23-2)18-14-4-3-13(11-14)17(16)18/h12-14,20H,3-11H2,1-2H3. The Hall–Kier alpha value is -1.26. The Labute approximate surface area is 139 Å². The zero-order valence-electron chi connectivity index (χ0n) is 14.4. The minimum Gasteiger partial charge on any atom is -0.496 e. The second-order valence-corrected chi connectivity index (χ2v) is 7.15. The number of hydrogen-bond acceptors (Lipinski definition) is 4. The summed E-state index contributed by atoms with van der Waals surface area (Å²) in [4.78, 5) is 2.54. The van der Waals surface area contributed by atoms with E-state index in [1.807, 2.05) is 14.2 Å². The highest BCUT2D eigenvalue weighted by atomic mass is 16.5. The summed E-state index contributed by atoms with van der Waals surface area (Å²) in [5, 5.41) is 3.42. The normalized spacial score (nSPS) is 26.3. The van der Waals surface area contributed by atoms with Crippen LogP contribution in [0.2, 0.25) is 0 Å². The molecule has 0 spiro atoms. The van der Waals surface area contributed by atoms with Crippen molar-refractivity contribution in [3.63, 3.8) is 0 Å². The van der Waals surface area contributed by atoms with E-state index in [2.05, 4.69) is 16.3 Å². The molecule has 2 fully saturated rings. The number of nitrogens with one attached hydrogen (secondary N) is 1. The molecule has 1 aliphatic heterocycles. The molecule has 1 aromatic carbocycles. The van der Waals surface area contributed by atoms with Gasteiger partial charge in [-0.2, -0.15) is 0 Å². The van der Waals surface area contributed by atoms with Crippen LogP contribution in [-0.2, 0) is 6.42 Å². The first-order valence-corrected chi connectivity index (χ1v) is 9.02.